The van der Waals surface area contributed by atoms with Crippen LogP contribution in [0.2, 0.25) is 0 Å². The van der Waals surface area contributed by atoms with E-state index >= 15 is 0 Å². The number of carbonyl (C=O) groups excluding carboxylic acids is 2. The van der Waals surface area contributed by atoms with Crippen molar-refractivity contribution in [1.82, 2.24) is 0 Å². The fourth-order valence-electron chi connectivity index (χ4n) is 4.36. The smallest absolute Gasteiger partial charge is 0.351 e. The van der Waals surface area contributed by atoms with Crippen LogP contribution in [0, 0.1) is 10.8 Å². The topological polar surface area (TPSA) is 61.8 Å². The number of hydrogen-bond donors (Lipinski definition) is 0. The Morgan fingerprint density at radius 3 is 1.58 bits per heavy atom. The Morgan fingerprint density at radius 2 is 1.29 bits per heavy atom. The first-order chi connectivity index (χ1) is 10.9. The third-order valence-corrected chi connectivity index (χ3v) is 16.6. The van der Waals surface area contributed by atoms with Crippen molar-refractivity contribution in [3.63, 3.8) is 0 Å². The minimum absolute atomic E-state index is 0.0973. The van der Waals surface area contributed by atoms with Crippen LogP contribution in [0.4, 0.5) is 0 Å². The van der Waals surface area contributed by atoms with E-state index in [1.54, 1.807) is 13.8 Å². The molecule has 4 saturated heterocycles. The summed E-state index contributed by atoms with van der Waals surface area (Å²) >= 11 is 0. The van der Waals surface area contributed by atoms with Crippen LogP contribution in [0.3, 0.4) is 0 Å². The molecular weight excluding hydrogens is 346 g/mol. The van der Waals surface area contributed by atoms with Crippen LogP contribution in [0.25, 0.3) is 0 Å². The summed E-state index contributed by atoms with van der Waals surface area (Å²) in [5.74, 6) is -1.11. The van der Waals surface area contributed by atoms with Crippen LogP contribution in [-0.4, -0.2) is 40.7 Å². The van der Waals surface area contributed by atoms with Crippen molar-refractivity contribution in [3.8, 4) is 0 Å². The molecule has 0 spiro atoms. The minimum Gasteiger partial charge on any atom is -0.463 e. The Balaban J connectivity index is 2.15. The molecule has 0 aliphatic carbocycles. The Labute approximate surface area is 146 Å². The lowest BCUT2D eigenvalue weighted by Crippen LogP contribution is -2.60. The zero-order valence-corrected chi connectivity index (χ0v) is 17.6. The van der Waals surface area contributed by atoms with Crippen molar-refractivity contribution >= 4 is 27.2 Å². The van der Waals surface area contributed by atoms with E-state index in [9.17, 15) is 9.59 Å². The SMILES string of the molecule is CCOC(=O)C1(C(=O)OCC)OC2(C(C)(C)C)P3P2C31C(C)(C)C. The molecule has 0 N–H and O–H groups in total. The van der Waals surface area contributed by atoms with E-state index in [2.05, 4.69) is 41.5 Å². The molecule has 4 aliphatic rings. The van der Waals surface area contributed by atoms with Gasteiger partial charge in [-0.15, -0.1) is 0 Å². The van der Waals surface area contributed by atoms with Gasteiger partial charge in [-0.3, -0.25) is 0 Å². The molecule has 0 amide bonds. The summed E-state index contributed by atoms with van der Waals surface area (Å²) in [7, 11) is -0.986. The molecule has 136 valence electrons. The average Bonchev–Trinajstić information content (AvgIpc) is 3.23. The Bertz CT molecular complexity index is 573. The molecule has 2 bridgehead atoms. The van der Waals surface area contributed by atoms with Crippen LogP contribution < -0.4 is 0 Å². The van der Waals surface area contributed by atoms with Crippen LogP contribution in [0.15, 0.2) is 0 Å². The largest absolute Gasteiger partial charge is 0.463 e. The summed E-state index contributed by atoms with van der Waals surface area (Å²) in [4.78, 5) is 25.6. The Kier molecular flexibility index (Phi) is 3.81. The van der Waals surface area contributed by atoms with Crippen LogP contribution in [0.5, 0.6) is 0 Å². The molecule has 24 heavy (non-hydrogen) atoms. The number of esters is 2. The summed E-state index contributed by atoms with van der Waals surface area (Å²) in [6.07, 6.45) is 0. The fourth-order valence-corrected chi connectivity index (χ4v) is 20.0. The fraction of sp³-hybridized carbons (Fsp3) is 0.882. The highest BCUT2D eigenvalue weighted by Gasteiger charge is 3.11. The van der Waals surface area contributed by atoms with Crippen LogP contribution in [0.1, 0.15) is 55.4 Å². The van der Waals surface area contributed by atoms with E-state index in [4.69, 9.17) is 14.2 Å². The average molecular weight is 374 g/mol. The third kappa shape index (κ3) is 1.68. The molecule has 4 aliphatic heterocycles. The number of hydrogen-bond acceptors (Lipinski definition) is 5. The minimum atomic E-state index is -1.58. The lowest BCUT2D eigenvalue weighted by atomic mass is 9.80. The molecule has 4 rings (SSSR count). The summed E-state index contributed by atoms with van der Waals surface area (Å²) in [6.45, 7) is 16.7. The molecule has 0 aromatic rings. The molecule has 0 radical (unpaired) electrons. The second-order valence-electron chi connectivity index (χ2n) is 8.63. The monoisotopic (exact) mass is 374 g/mol. The van der Waals surface area contributed by atoms with Gasteiger partial charge in [-0.25, -0.2) is 9.59 Å². The Hall–Kier alpha value is -0.240. The molecule has 0 aromatic carbocycles. The normalized spacial score (nSPS) is 38.3. The van der Waals surface area contributed by atoms with Crippen molar-refractivity contribution in [2.24, 2.45) is 10.8 Å². The van der Waals surface area contributed by atoms with Gasteiger partial charge in [0.1, 0.15) is 5.08 Å². The van der Waals surface area contributed by atoms with Gasteiger partial charge >= 0.3 is 11.9 Å². The molecule has 4 heterocycles. The summed E-state index contributed by atoms with van der Waals surface area (Å²) in [5, 5.41) is -0.301. The maximum absolute atomic E-state index is 13.0. The first-order valence-corrected chi connectivity index (χ1v) is 11.9. The molecule has 2 atom stereocenters. The Morgan fingerprint density at radius 1 is 0.875 bits per heavy atom. The van der Waals surface area contributed by atoms with E-state index < -0.39 is 37.7 Å². The second kappa shape index (κ2) is 4.93. The first kappa shape index (κ1) is 18.5. The lowest BCUT2D eigenvalue weighted by molar-refractivity contribution is -0.196. The van der Waals surface area contributed by atoms with Gasteiger partial charge in [-0.1, -0.05) is 41.5 Å². The number of rotatable bonds is 4. The van der Waals surface area contributed by atoms with Crippen molar-refractivity contribution in [3.05, 3.63) is 0 Å². The highest BCUT2D eigenvalue weighted by atomic mass is 32.2. The second-order valence-corrected chi connectivity index (χ2v) is 15.6. The highest BCUT2D eigenvalue weighted by Crippen LogP contribution is 3.36. The van der Waals surface area contributed by atoms with E-state index in [1.165, 1.54) is 0 Å². The van der Waals surface area contributed by atoms with Gasteiger partial charge in [-0.05, 0) is 39.9 Å². The predicted octanol–water partition coefficient (Wildman–Crippen LogP) is 4.23. The van der Waals surface area contributed by atoms with Gasteiger partial charge in [0.2, 0.25) is 0 Å². The zero-order chi connectivity index (χ0) is 18.3. The summed E-state index contributed by atoms with van der Waals surface area (Å²) < 4.78 is 17.2. The highest BCUT2D eigenvalue weighted by molar-refractivity contribution is 8.64. The van der Waals surface area contributed by atoms with Crippen molar-refractivity contribution in [2.45, 2.75) is 71.0 Å². The zero-order valence-electron chi connectivity index (χ0n) is 15.8. The predicted molar refractivity (Wildman–Crippen MR) is 95.3 cm³/mol. The van der Waals surface area contributed by atoms with Gasteiger partial charge in [-0.2, -0.15) is 0 Å². The summed E-state index contributed by atoms with van der Waals surface area (Å²) in [6, 6.07) is 0. The van der Waals surface area contributed by atoms with Crippen LogP contribution >= 0.6 is 15.2 Å². The van der Waals surface area contributed by atoms with Crippen molar-refractivity contribution in [2.75, 3.05) is 13.2 Å². The van der Waals surface area contributed by atoms with Gasteiger partial charge in [0.05, 0.1) is 18.1 Å². The van der Waals surface area contributed by atoms with Gasteiger partial charge < -0.3 is 14.2 Å². The van der Waals surface area contributed by atoms with Gasteiger partial charge in [0, 0.05) is 0 Å². The molecule has 0 aromatic heterocycles. The molecule has 0 saturated carbocycles. The molecule has 5 nitrogen and oxygen atoms in total. The van der Waals surface area contributed by atoms with Gasteiger partial charge in [0.25, 0.3) is 5.60 Å². The third-order valence-electron chi connectivity index (χ3n) is 5.24. The first-order valence-electron chi connectivity index (χ1n) is 8.56. The van der Waals surface area contributed by atoms with E-state index in [-0.39, 0.29) is 29.1 Å². The van der Waals surface area contributed by atoms with E-state index in [0.717, 1.165) is 0 Å². The van der Waals surface area contributed by atoms with E-state index in [1.807, 2.05) is 0 Å². The maximum Gasteiger partial charge on any atom is 0.351 e. The summed E-state index contributed by atoms with van der Waals surface area (Å²) in [5.41, 5.74) is -1.89. The quantitative estimate of drug-likeness (QED) is 0.419. The van der Waals surface area contributed by atoms with Gasteiger partial charge in [0.15, 0.2) is 0 Å². The molecule has 2 unspecified atom stereocenters. The molecule has 7 heteroatoms. The standard InChI is InChI=1S/C17H28O5P2/c1-9-20-11(18)15(12(19)21-10-2)16(13(3,4)5)23-17(22-15,24(16)23)14(6,7)8/h9-10H2,1-8H3. The van der Waals surface area contributed by atoms with Crippen molar-refractivity contribution < 1.29 is 23.8 Å². The maximum atomic E-state index is 13.0. The molecular formula is C17H28O5P2. The van der Waals surface area contributed by atoms with Crippen molar-refractivity contribution in [1.29, 1.82) is 0 Å². The van der Waals surface area contributed by atoms with Crippen LogP contribution in [-0.2, 0) is 23.8 Å². The number of ether oxygens (including phenoxy) is 3. The van der Waals surface area contributed by atoms with E-state index in [0.29, 0.717) is 0 Å². The molecule has 4 fully saturated rings. The number of fused-ring (bicyclic) bond motifs is 1. The lowest BCUT2D eigenvalue weighted by Gasteiger charge is -2.40. The number of carbonyl (C=O) groups is 2.